The smallest absolute Gasteiger partial charge is 0.356 e. The van der Waals surface area contributed by atoms with Gasteiger partial charge in [-0.3, -0.25) is 0 Å². The molecule has 5 heteroatoms. The van der Waals surface area contributed by atoms with Crippen LogP contribution in [0.4, 0.5) is 11.5 Å². The normalized spacial score (nSPS) is 20.8. The molecule has 1 aromatic heterocycles. The van der Waals surface area contributed by atoms with Crippen molar-refractivity contribution in [3.05, 3.63) is 17.8 Å². The van der Waals surface area contributed by atoms with Crippen LogP contribution >= 0.6 is 0 Å². The van der Waals surface area contributed by atoms with E-state index in [4.69, 9.17) is 5.73 Å². The van der Waals surface area contributed by atoms with E-state index in [0.717, 1.165) is 6.42 Å². The van der Waals surface area contributed by atoms with Gasteiger partial charge in [-0.25, -0.2) is 9.78 Å². The molecular weight excluding hydrogens is 218 g/mol. The van der Waals surface area contributed by atoms with Gasteiger partial charge in [-0.05, 0) is 24.0 Å². The number of carbonyl (C=O) groups is 1. The second-order valence-electron chi connectivity index (χ2n) is 5.02. The number of anilines is 2. The number of nitrogens with zero attached hydrogens (tertiary/aromatic N) is 1. The first-order chi connectivity index (χ1) is 7.94. The van der Waals surface area contributed by atoms with Crippen LogP contribution in [0, 0.1) is 5.41 Å². The van der Waals surface area contributed by atoms with Crippen molar-refractivity contribution in [2.75, 3.05) is 18.2 Å². The predicted molar refractivity (Wildman–Crippen MR) is 65.8 cm³/mol. The Bertz CT molecular complexity index is 457. The Balaban J connectivity index is 2.18. The summed E-state index contributed by atoms with van der Waals surface area (Å²) < 4.78 is 4.62. The monoisotopic (exact) mass is 235 g/mol. The summed E-state index contributed by atoms with van der Waals surface area (Å²) in [7, 11) is 1.33. The van der Waals surface area contributed by atoms with E-state index >= 15 is 0 Å². The Morgan fingerprint density at radius 2 is 2.24 bits per heavy atom. The topological polar surface area (TPSA) is 77.2 Å². The van der Waals surface area contributed by atoms with Gasteiger partial charge in [0.1, 0.15) is 5.82 Å². The maximum atomic E-state index is 11.4. The van der Waals surface area contributed by atoms with Gasteiger partial charge in [-0.15, -0.1) is 0 Å². The summed E-state index contributed by atoms with van der Waals surface area (Å²) in [6.45, 7) is 4.34. The molecule has 1 heterocycles. The van der Waals surface area contributed by atoms with Gasteiger partial charge in [0, 0.05) is 6.04 Å². The Hall–Kier alpha value is -1.78. The zero-order valence-electron chi connectivity index (χ0n) is 10.3. The van der Waals surface area contributed by atoms with Crippen LogP contribution in [0.2, 0.25) is 0 Å². The Morgan fingerprint density at radius 1 is 1.59 bits per heavy atom. The SMILES string of the molecule is COC(=O)c1ccc(N)c(NC2CC2(C)C)n1. The fourth-order valence-electron chi connectivity index (χ4n) is 1.68. The molecule has 0 spiro atoms. The lowest BCUT2D eigenvalue weighted by Crippen LogP contribution is -2.14. The maximum Gasteiger partial charge on any atom is 0.356 e. The summed E-state index contributed by atoms with van der Waals surface area (Å²) in [5.74, 6) is 0.103. The van der Waals surface area contributed by atoms with Crippen LogP contribution in [0.1, 0.15) is 30.8 Å². The molecule has 1 unspecified atom stereocenters. The minimum atomic E-state index is -0.455. The molecule has 17 heavy (non-hydrogen) atoms. The van der Waals surface area contributed by atoms with Crippen molar-refractivity contribution < 1.29 is 9.53 Å². The third-order valence-corrected chi connectivity index (χ3v) is 3.15. The Kier molecular flexibility index (Phi) is 2.69. The number of rotatable bonds is 3. The number of nitrogen functional groups attached to an aromatic ring is 1. The lowest BCUT2D eigenvalue weighted by molar-refractivity contribution is 0.0594. The van der Waals surface area contributed by atoms with Crippen molar-refractivity contribution >= 4 is 17.5 Å². The van der Waals surface area contributed by atoms with Crippen LogP contribution in [0.3, 0.4) is 0 Å². The van der Waals surface area contributed by atoms with Crippen LogP contribution in [0.15, 0.2) is 12.1 Å². The maximum absolute atomic E-state index is 11.4. The summed E-state index contributed by atoms with van der Waals surface area (Å²) in [5.41, 5.74) is 6.90. The molecule has 1 saturated carbocycles. The molecule has 3 N–H and O–H groups in total. The molecule has 0 bridgehead atoms. The fraction of sp³-hybridized carbons (Fsp3) is 0.500. The van der Waals surface area contributed by atoms with Crippen LogP contribution in [-0.2, 0) is 4.74 Å². The van der Waals surface area contributed by atoms with E-state index in [1.165, 1.54) is 7.11 Å². The van der Waals surface area contributed by atoms with E-state index in [0.29, 0.717) is 17.5 Å². The van der Waals surface area contributed by atoms with Gasteiger partial charge in [-0.2, -0.15) is 0 Å². The van der Waals surface area contributed by atoms with Gasteiger partial charge < -0.3 is 15.8 Å². The number of aromatic nitrogens is 1. The third-order valence-electron chi connectivity index (χ3n) is 3.15. The average Bonchev–Trinajstić information content (AvgIpc) is 2.88. The van der Waals surface area contributed by atoms with E-state index < -0.39 is 5.97 Å². The van der Waals surface area contributed by atoms with Gasteiger partial charge >= 0.3 is 5.97 Å². The number of carbonyl (C=O) groups excluding carboxylic acids is 1. The molecular formula is C12H17N3O2. The molecule has 2 rings (SSSR count). The van der Waals surface area contributed by atoms with Crippen molar-refractivity contribution in [3.8, 4) is 0 Å². The largest absolute Gasteiger partial charge is 0.464 e. The number of esters is 1. The second kappa shape index (κ2) is 3.91. The lowest BCUT2D eigenvalue weighted by atomic mass is 10.2. The van der Waals surface area contributed by atoms with Gasteiger partial charge in [0.25, 0.3) is 0 Å². The first-order valence-corrected chi connectivity index (χ1v) is 5.55. The van der Waals surface area contributed by atoms with E-state index in [1.807, 2.05) is 0 Å². The zero-order valence-corrected chi connectivity index (χ0v) is 10.3. The lowest BCUT2D eigenvalue weighted by Gasteiger charge is -2.10. The molecule has 0 amide bonds. The highest BCUT2D eigenvalue weighted by molar-refractivity contribution is 5.88. The molecule has 1 aliphatic rings. The van der Waals surface area contributed by atoms with Gasteiger partial charge in [0.15, 0.2) is 5.69 Å². The van der Waals surface area contributed by atoms with Gasteiger partial charge in [-0.1, -0.05) is 13.8 Å². The highest BCUT2D eigenvalue weighted by atomic mass is 16.5. The molecule has 0 saturated heterocycles. The third kappa shape index (κ3) is 2.33. The minimum absolute atomic E-state index is 0.266. The number of nitrogens with two attached hydrogens (primary N) is 1. The van der Waals surface area contributed by atoms with Crippen LogP contribution in [-0.4, -0.2) is 24.1 Å². The molecule has 5 nitrogen and oxygen atoms in total. The van der Waals surface area contributed by atoms with Crippen LogP contribution in [0.25, 0.3) is 0 Å². The highest BCUT2D eigenvalue weighted by Crippen LogP contribution is 2.46. The number of pyridine rings is 1. The quantitative estimate of drug-likeness (QED) is 0.779. The number of hydrogen-bond donors (Lipinski definition) is 2. The average molecular weight is 235 g/mol. The van der Waals surface area contributed by atoms with E-state index in [-0.39, 0.29) is 11.1 Å². The molecule has 92 valence electrons. The summed E-state index contributed by atoms with van der Waals surface area (Å²) in [6.07, 6.45) is 1.08. The molecule has 0 aliphatic heterocycles. The minimum Gasteiger partial charge on any atom is -0.464 e. The highest BCUT2D eigenvalue weighted by Gasteiger charge is 2.46. The summed E-state index contributed by atoms with van der Waals surface area (Å²) in [6, 6.07) is 3.59. The first-order valence-electron chi connectivity index (χ1n) is 5.55. The summed E-state index contributed by atoms with van der Waals surface area (Å²) in [5, 5.41) is 3.25. The predicted octanol–water partition coefficient (Wildman–Crippen LogP) is 1.66. The molecule has 1 aliphatic carbocycles. The summed E-state index contributed by atoms with van der Waals surface area (Å²) >= 11 is 0. The zero-order chi connectivity index (χ0) is 12.6. The van der Waals surface area contributed by atoms with Crippen LogP contribution in [0.5, 0.6) is 0 Å². The van der Waals surface area contributed by atoms with E-state index in [9.17, 15) is 4.79 Å². The Morgan fingerprint density at radius 3 is 2.76 bits per heavy atom. The number of ether oxygens (including phenoxy) is 1. The van der Waals surface area contributed by atoms with Crippen molar-refractivity contribution in [2.24, 2.45) is 5.41 Å². The van der Waals surface area contributed by atoms with Crippen LogP contribution < -0.4 is 11.1 Å². The first kappa shape index (κ1) is 11.7. The fourth-order valence-corrected chi connectivity index (χ4v) is 1.68. The van der Waals surface area contributed by atoms with Crippen molar-refractivity contribution in [1.82, 2.24) is 4.98 Å². The number of hydrogen-bond acceptors (Lipinski definition) is 5. The summed E-state index contributed by atoms with van der Waals surface area (Å²) in [4.78, 5) is 15.5. The van der Waals surface area contributed by atoms with Crippen molar-refractivity contribution in [1.29, 1.82) is 0 Å². The second-order valence-corrected chi connectivity index (χ2v) is 5.02. The number of nitrogens with one attached hydrogen (secondary N) is 1. The Labute approximate surface area is 100 Å². The molecule has 1 aromatic rings. The van der Waals surface area contributed by atoms with Gasteiger partial charge in [0.05, 0.1) is 12.8 Å². The number of methoxy groups -OCH3 is 1. The van der Waals surface area contributed by atoms with E-state index in [2.05, 4.69) is 28.9 Å². The molecule has 1 atom stereocenters. The molecule has 0 radical (unpaired) electrons. The molecule has 0 aromatic carbocycles. The standard InChI is InChI=1S/C12H17N3O2/c1-12(2)6-9(12)15-10-7(13)4-5-8(14-10)11(16)17-3/h4-5,9H,6,13H2,1-3H3,(H,14,15). The van der Waals surface area contributed by atoms with E-state index in [1.54, 1.807) is 12.1 Å². The molecule has 1 fully saturated rings. The van der Waals surface area contributed by atoms with Gasteiger partial charge in [0.2, 0.25) is 0 Å². The van der Waals surface area contributed by atoms with Crippen molar-refractivity contribution in [2.45, 2.75) is 26.3 Å². The van der Waals surface area contributed by atoms with Crippen molar-refractivity contribution in [3.63, 3.8) is 0 Å².